The number of rotatable bonds is 7. The third kappa shape index (κ3) is 8.31. The average molecular weight is 424 g/mol. The van der Waals surface area contributed by atoms with Gasteiger partial charge in [-0.2, -0.15) is 0 Å². The number of ether oxygens (including phenoxy) is 1. The zero-order valence-corrected chi connectivity index (χ0v) is 18.6. The highest BCUT2D eigenvalue weighted by Gasteiger charge is 2.27. The van der Waals surface area contributed by atoms with Crippen LogP contribution in [-0.4, -0.2) is 67.2 Å². The number of nitrogens with zero attached hydrogens (tertiary/aromatic N) is 2. The molecule has 1 aromatic rings. The molecule has 0 spiro atoms. The Morgan fingerprint density at radius 1 is 1.34 bits per heavy atom. The summed E-state index contributed by atoms with van der Waals surface area (Å²) < 4.78 is 5.33. The second kappa shape index (κ2) is 11.0. The number of amides is 2. The third-order valence-corrected chi connectivity index (χ3v) is 5.04. The smallest absolute Gasteiger partial charge is 0.407 e. The predicted octanol–water partition coefficient (Wildman–Crippen LogP) is 2.43. The summed E-state index contributed by atoms with van der Waals surface area (Å²) in [5.41, 5.74) is -0.502. The molecule has 0 saturated carbocycles. The Morgan fingerprint density at radius 3 is 2.79 bits per heavy atom. The van der Waals surface area contributed by atoms with Crippen molar-refractivity contribution in [3.63, 3.8) is 0 Å². The van der Waals surface area contributed by atoms with Crippen molar-refractivity contribution in [3.8, 4) is 0 Å². The van der Waals surface area contributed by atoms with Gasteiger partial charge in [0.2, 0.25) is 0 Å². The average Bonchev–Trinajstić information content (AvgIpc) is 3.30. The number of alkyl carbamates (subject to hydrolysis) is 1. The first-order chi connectivity index (χ1) is 13.8. The molecular formula is C20H33N5O3S. The van der Waals surface area contributed by atoms with Crippen molar-refractivity contribution in [2.45, 2.75) is 52.2 Å². The lowest BCUT2D eigenvalue weighted by atomic mass is 10.2. The van der Waals surface area contributed by atoms with Gasteiger partial charge in [-0.25, -0.2) is 4.79 Å². The molecule has 1 unspecified atom stereocenters. The van der Waals surface area contributed by atoms with Crippen LogP contribution in [-0.2, 0) is 4.74 Å². The summed E-state index contributed by atoms with van der Waals surface area (Å²) in [5.74, 6) is 0.803. The van der Waals surface area contributed by atoms with Gasteiger partial charge >= 0.3 is 6.09 Å². The van der Waals surface area contributed by atoms with E-state index in [9.17, 15) is 9.59 Å². The first-order valence-electron chi connectivity index (χ1n) is 10.1. The van der Waals surface area contributed by atoms with Crippen LogP contribution in [0.3, 0.4) is 0 Å². The molecule has 1 atom stereocenters. The normalized spacial score (nSPS) is 17.2. The minimum Gasteiger partial charge on any atom is -0.444 e. The van der Waals surface area contributed by atoms with E-state index in [1.54, 1.807) is 0 Å². The molecule has 1 aliphatic rings. The molecule has 0 aliphatic carbocycles. The van der Waals surface area contributed by atoms with Crippen LogP contribution < -0.4 is 16.0 Å². The molecule has 8 nitrogen and oxygen atoms in total. The Morgan fingerprint density at radius 2 is 2.14 bits per heavy atom. The van der Waals surface area contributed by atoms with E-state index in [4.69, 9.17) is 4.74 Å². The second-order valence-corrected chi connectivity index (χ2v) is 8.85. The fourth-order valence-corrected chi connectivity index (χ4v) is 3.57. The van der Waals surface area contributed by atoms with E-state index in [-0.39, 0.29) is 18.0 Å². The lowest BCUT2D eigenvalue weighted by Crippen LogP contribution is -2.44. The van der Waals surface area contributed by atoms with Crippen LogP contribution in [0.5, 0.6) is 0 Å². The zero-order chi connectivity index (χ0) is 21.3. The Bertz CT molecular complexity index is 685. The summed E-state index contributed by atoms with van der Waals surface area (Å²) in [7, 11) is 0. The number of hydrogen-bond donors (Lipinski definition) is 3. The molecule has 2 heterocycles. The van der Waals surface area contributed by atoms with Crippen LogP contribution in [0.25, 0.3) is 0 Å². The van der Waals surface area contributed by atoms with Crippen molar-refractivity contribution in [1.29, 1.82) is 0 Å². The molecule has 0 radical (unpaired) electrons. The monoisotopic (exact) mass is 423 g/mol. The third-order valence-electron chi connectivity index (χ3n) is 4.17. The minimum atomic E-state index is -0.502. The van der Waals surface area contributed by atoms with E-state index in [1.165, 1.54) is 11.3 Å². The van der Waals surface area contributed by atoms with Crippen molar-refractivity contribution in [2.75, 3.05) is 32.7 Å². The van der Waals surface area contributed by atoms with E-state index in [0.717, 1.165) is 36.8 Å². The number of thiophene rings is 1. The molecule has 1 aliphatic heterocycles. The molecule has 29 heavy (non-hydrogen) atoms. The van der Waals surface area contributed by atoms with E-state index in [1.807, 2.05) is 45.2 Å². The second-order valence-electron chi connectivity index (χ2n) is 7.90. The highest BCUT2D eigenvalue weighted by molar-refractivity contribution is 7.12. The van der Waals surface area contributed by atoms with Gasteiger partial charge in [-0.1, -0.05) is 6.07 Å². The summed E-state index contributed by atoms with van der Waals surface area (Å²) in [4.78, 5) is 31.4. The fourth-order valence-electron chi connectivity index (χ4n) is 2.93. The van der Waals surface area contributed by atoms with Crippen molar-refractivity contribution >= 4 is 29.3 Å². The molecule has 9 heteroatoms. The Kier molecular flexibility index (Phi) is 8.75. The SMILES string of the molecule is CCNC(=NCCCNC(=O)c1cccs1)N1CCC(NC(=O)OC(C)(C)C)C1. The summed E-state index contributed by atoms with van der Waals surface area (Å²) >= 11 is 1.44. The molecule has 0 aromatic carbocycles. The summed E-state index contributed by atoms with van der Waals surface area (Å²) in [6.07, 6.45) is 1.23. The minimum absolute atomic E-state index is 0.0357. The standard InChI is InChI=1S/C20H33N5O3S/c1-5-21-18(23-11-7-10-22-17(26)16-8-6-13-29-16)25-12-9-15(14-25)24-19(27)28-20(2,3)4/h6,8,13,15H,5,7,9-12,14H2,1-4H3,(H,21,23)(H,22,26)(H,24,27). The number of carbonyl (C=O) groups excluding carboxylic acids is 2. The molecule has 3 N–H and O–H groups in total. The van der Waals surface area contributed by atoms with Gasteiger partial charge in [0.1, 0.15) is 5.60 Å². The highest BCUT2D eigenvalue weighted by atomic mass is 32.1. The summed E-state index contributed by atoms with van der Waals surface area (Å²) in [6, 6.07) is 3.73. The highest BCUT2D eigenvalue weighted by Crippen LogP contribution is 2.12. The van der Waals surface area contributed by atoms with Crippen molar-refractivity contribution in [1.82, 2.24) is 20.9 Å². The molecule has 1 saturated heterocycles. The number of aliphatic imine (C=N–C) groups is 1. The first-order valence-corrected chi connectivity index (χ1v) is 11.0. The van der Waals surface area contributed by atoms with Gasteiger partial charge in [-0.15, -0.1) is 11.3 Å². The molecular weight excluding hydrogens is 390 g/mol. The maximum atomic E-state index is 12.0. The van der Waals surface area contributed by atoms with Gasteiger partial charge in [-0.05, 0) is 52.0 Å². The quantitative estimate of drug-likeness (QED) is 0.356. The Labute approximate surface area is 177 Å². The van der Waals surface area contributed by atoms with Crippen LogP contribution in [0.2, 0.25) is 0 Å². The summed E-state index contributed by atoms with van der Waals surface area (Å²) in [5, 5.41) is 11.0. The van der Waals surface area contributed by atoms with Gasteiger partial charge < -0.3 is 25.6 Å². The first kappa shape index (κ1) is 23.0. The molecule has 162 valence electrons. The number of hydrogen-bond acceptors (Lipinski definition) is 5. The van der Waals surface area contributed by atoms with Gasteiger partial charge in [-0.3, -0.25) is 9.79 Å². The van der Waals surface area contributed by atoms with Gasteiger partial charge in [0.15, 0.2) is 5.96 Å². The van der Waals surface area contributed by atoms with E-state index >= 15 is 0 Å². The molecule has 1 fully saturated rings. The van der Waals surface area contributed by atoms with E-state index in [0.29, 0.717) is 19.6 Å². The maximum Gasteiger partial charge on any atom is 0.407 e. The van der Waals surface area contributed by atoms with Crippen molar-refractivity contribution in [3.05, 3.63) is 22.4 Å². The van der Waals surface area contributed by atoms with Crippen LogP contribution >= 0.6 is 11.3 Å². The summed E-state index contributed by atoms with van der Waals surface area (Å²) in [6.45, 7) is 11.1. The Hall–Kier alpha value is -2.29. The van der Waals surface area contributed by atoms with Crippen LogP contribution in [0.4, 0.5) is 4.79 Å². The topological polar surface area (TPSA) is 95.1 Å². The molecule has 2 rings (SSSR count). The van der Waals surface area contributed by atoms with Gasteiger partial charge in [0, 0.05) is 32.7 Å². The number of likely N-dealkylation sites (tertiary alicyclic amines) is 1. The van der Waals surface area contributed by atoms with Gasteiger partial charge in [0.05, 0.1) is 10.9 Å². The number of nitrogens with one attached hydrogen (secondary N) is 3. The molecule has 0 bridgehead atoms. The van der Waals surface area contributed by atoms with E-state index in [2.05, 4.69) is 25.8 Å². The van der Waals surface area contributed by atoms with Crippen LogP contribution in [0.1, 0.15) is 50.2 Å². The lowest BCUT2D eigenvalue weighted by molar-refractivity contribution is 0.0507. The van der Waals surface area contributed by atoms with Crippen LogP contribution in [0.15, 0.2) is 22.5 Å². The fraction of sp³-hybridized carbons (Fsp3) is 0.650. The predicted molar refractivity (Wildman–Crippen MR) is 117 cm³/mol. The largest absolute Gasteiger partial charge is 0.444 e. The lowest BCUT2D eigenvalue weighted by Gasteiger charge is -2.23. The number of carbonyl (C=O) groups is 2. The Balaban J connectivity index is 1.75. The maximum absolute atomic E-state index is 12.0. The number of guanidine groups is 1. The van der Waals surface area contributed by atoms with Gasteiger partial charge in [0.25, 0.3) is 5.91 Å². The zero-order valence-electron chi connectivity index (χ0n) is 17.8. The van der Waals surface area contributed by atoms with Crippen molar-refractivity contribution < 1.29 is 14.3 Å². The van der Waals surface area contributed by atoms with E-state index < -0.39 is 5.60 Å². The molecule has 1 aromatic heterocycles. The van der Waals surface area contributed by atoms with Crippen molar-refractivity contribution in [2.24, 2.45) is 4.99 Å². The van der Waals surface area contributed by atoms with Crippen LogP contribution in [0, 0.1) is 0 Å². The molecule has 2 amide bonds.